The number of rotatable bonds is 2. The van der Waals surface area contributed by atoms with Crippen molar-refractivity contribution >= 4 is 56.5 Å². The summed E-state index contributed by atoms with van der Waals surface area (Å²) in [5.41, 5.74) is 2.23. The molecule has 2 rings (SSSR count). The molecule has 2 N–H and O–H groups in total. The Balaban J connectivity index is 2.09. The van der Waals surface area contributed by atoms with Crippen LogP contribution in [0.2, 0.25) is 10.0 Å². The minimum atomic E-state index is -0.353. The van der Waals surface area contributed by atoms with Gasteiger partial charge in [-0.25, -0.2) is 4.79 Å². The summed E-state index contributed by atoms with van der Waals surface area (Å²) >= 11 is 15.1. The van der Waals surface area contributed by atoms with Crippen molar-refractivity contribution in [3.63, 3.8) is 0 Å². The fourth-order valence-electron chi connectivity index (χ4n) is 1.68. The van der Waals surface area contributed by atoms with Gasteiger partial charge in [0, 0.05) is 25.9 Å². The zero-order valence-electron chi connectivity index (χ0n) is 10.5. The molecule has 0 spiro atoms. The minimum absolute atomic E-state index is 0.353. The van der Waals surface area contributed by atoms with Crippen molar-refractivity contribution in [1.29, 1.82) is 0 Å². The van der Waals surface area contributed by atoms with Crippen LogP contribution >= 0.6 is 39.1 Å². The summed E-state index contributed by atoms with van der Waals surface area (Å²) in [5.74, 6) is 0. The standard InChI is InChI=1S/C14H11BrCl2N2O/c1-8-4-9(15)2-3-13(8)19-14(20)18-12-6-10(16)5-11(17)7-12/h2-7H,1H3,(H2,18,19,20). The van der Waals surface area contributed by atoms with E-state index in [1.165, 1.54) is 0 Å². The molecule has 0 atom stereocenters. The number of carbonyl (C=O) groups excluding carboxylic acids is 1. The van der Waals surface area contributed by atoms with Crippen LogP contribution in [0.25, 0.3) is 0 Å². The Hall–Kier alpha value is -1.23. The van der Waals surface area contributed by atoms with E-state index >= 15 is 0 Å². The number of amides is 2. The number of carbonyl (C=O) groups is 1. The Morgan fingerprint density at radius 2 is 1.70 bits per heavy atom. The van der Waals surface area contributed by atoms with Crippen molar-refractivity contribution in [3.05, 3.63) is 56.5 Å². The molecule has 0 aliphatic heterocycles. The number of benzene rings is 2. The van der Waals surface area contributed by atoms with Crippen molar-refractivity contribution in [2.24, 2.45) is 0 Å². The van der Waals surface area contributed by atoms with Crippen molar-refractivity contribution < 1.29 is 4.79 Å². The second-order valence-electron chi connectivity index (χ2n) is 4.20. The molecule has 0 bridgehead atoms. The summed E-state index contributed by atoms with van der Waals surface area (Å²) in [5, 5.41) is 6.38. The molecule has 0 aliphatic carbocycles. The number of hydrogen-bond acceptors (Lipinski definition) is 1. The van der Waals surface area contributed by atoms with Crippen LogP contribution in [0.1, 0.15) is 5.56 Å². The van der Waals surface area contributed by atoms with Crippen LogP contribution in [0.15, 0.2) is 40.9 Å². The first kappa shape index (κ1) is 15.2. The topological polar surface area (TPSA) is 41.1 Å². The summed E-state index contributed by atoms with van der Waals surface area (Å²) in [7, 11) is 0. The highest BCUT2D eigenvalue weighted by atomic mass is 79.9. The lowest BCUT2D eigenvalue weighted by Gasteiger charge is -2.10. The van der Waals surface area contributed by atoms with Gasteiger partial charge in [0.25, 0.3) is 0 Å². The van der Waals surface area contributed by atoms with E-state index in [1.54, 1.807) is 18.2 Å². The Bertz CT molecular complexity index is 641. The molecule has 0 aromatic heterocycles. The van der Waals surface area contributed by atoms with Crippen LogP contribution in [-0.4, -0.2) is 6.03 Å². The Morgan fingerprint density at radius 1 is 1.05 bits per heavy atom. The average Bonchev–Trinajstić information content (AvgIpc) is 2.31. The molecule has 2 aromatic carbocycles. The predicted octanol–water partition coefficient (Wildman–Crippen LogP) is 5.71. The Kier molecular flexibility index (Phi) is 4.91. The van der Waals surface area contributed by atoms with E-state index in [2.05, 4.69) is 26.6 Å². The molecular weight excluding hydrogens is 363 g/mol. The van der Waals surface area contributed by atoms with E-state index in [9.17, 15) is 4.79 Å². The van der Waals surface area contributed by atoms with Gasteiger partial charge in [-0.2, -0.15) is 0 Å². The van der Waals surface area contributed by atoms with Crippen LogP contribution in [0.5, 0.6) is 0 Å². The lowest BCUT2D eigenvalue weighted by Crippen LogP contribution is -2.19. The lowest BCUT2D eigenvalue weighted by molar-refractivity contribution is 0.262. The van der Waals surface area contributed by atoms with Crippen LogP contribution < -0.4 is 10.6 Å². The third kappa shape index (κ3) is 4.13. The second-order valence-corrected chi connectivity index (χ2v) is 5.99. The highest BCUT2D eigenvalue weighted by Crippen LogP contribution is 2.23. The molecule has 0 unspecified atom stereocenters. The highest BCUT2D eigenvalue weighted by molar-refractivity contribution is 9.10. The van der Waals surface area contributed by atoms with Crippen molar-refractivity contribution in [2.75, 3.05) is 10.6 Å². The first-order chi connectivity index (χ1) is 9.44. The summed E-state index contributed by atoms with van der Waals surface area (Å²) < 4.78 is 0.961. The van der Waals surface area contributed by atoms with E-state index < -0.39 is 0 Å². The maximum absolute atomic E-state index is 11.9. The molecule has 0 saturated heterocycles. The molecule has 2 amide bonds. The van der Waals surface area contributed by atoms with Gasteiger partial charge in [0.2, 0.25) is 0 Å². The van der Waals surface area contributed by atoms with Gasteiger partial charge < -0.3 is 10.6 Å². The van der Waals surface area contributed by atoms with Gasteiger partial charge in [-0.3, -0.25) is 0 Å². The SMILES string of the molecule is Cc1cc(Br)ccc1NC(=O)Nc1cc(Cl)cc(Cl)c1. The zero-order chi connectivity index (χ0) is 14.7. The second kappa shape index (κ2) is 6.48. The van der Waals surface area contributed by atoms with E-state index in [1.807, 2.05) is 25.1 Å². The predicted molar refractivity (Wildman–Crippen MR) is 88.0 cm³/mol. The quantitative estimate of drug-likeness (QED) is 0.695. The first-order valence-corrected chi connectivity index (χ1v) is 7.29. The molecule has 0 heterocycles. The third-order valence-corrected chi connectivity index (χ3v) is 3.49. The molecular formula is C14H11BrCl2N2O. The van der Waals surface area contributed by atoms with E-state index in [0.29, 0.717) is 15.7 Å². The third-order valence-electron chi connectivity index (χ3n) is 2.56. The van der Waals surface area contributed by atoms with Gasteiger partial charge in [-0.1, -0.05) is 39.1 Å². The number of aryl methyl sites for hydroxylation is 1. The molecule has 2 aromatic rings. The van der Waals surface area contributed by atoms with E-state index in [-0.39, 0.29) is 6.03 Å². The molecule has 20 heavy (non-hydrogen) atoms. The number of urea groups is 1. The van der Waals surface area contributed by atoms with Crippen LogP contribution in [0, 0.1) is 6.92 Å². The number of halogens is 3. The van der Waals surface area contributed by atoms with Crippen molar-refractivity contribution in [3.8, 4) is 0 Å². The number of anilines is 2. The fraction of sp³-hybridized carbons (Fsp3) is 0.0714. The van der Waals surface area contributed by atoms with E-state index in [0.717, 1.165) is 15.7 Å². The van der Waals surface area contributed by atoms with Crippen molar-refractivity contribution in [1.82, 2.24) is 0 Å². The summed E-state index contributed by atoms with van der Waals surface area (Å²) in [4.78, 5) is 11.9. The smallest absolute Gasteiger partial charge is 0.308 e. The maximum Gasteiger partial charge on any atom is 0.323 e. The first-order valence-electron chi connectivity index (χ1n) is 5.74. The zero-order valence-corrected chi connectivity index (χ0v) is 13.6. The largest absolute Gasteiger partial charge is 0.323 e. The molecule has 104 valence electrons. The van der Waals surface area contributed by atoms with Gasteiger partial charge in [-0.15, -0.1) is 0 Å². The van der Waals surface area contributed by atoms with Gasteiger partial charge in [0.1, 0.15) is 0 Å². The van der Waals surface area contributed by atoms with Gasteiger partial charge in [0.15, 0.2) is 0 Å². The van der Waals surface area contributed by atoms with Gasteiger partial charge in [0.05, 0.1) is 0 Å². The Morgan fingerprint density at radius 3 is 2.30 bits per heavy atom. The van der Waals surface area contributed by atoms with Gasteiger partial charge >= 0.3 is 6.03 Å². The van der Waals surface area contributed by atoms with E-state index in [4.69, 9.17) is 23.2 Å². The molecule has 3 nitrogen and oxygen atoms in total. The van der Waals surface area contributed by atoms with Crippen LogP contribution in [0.3, 0.4) is 0 Å². The van der Waals surface area contributed by atoms with Crippen LogP contribution in [0.4, 0.5) is 16.2 Å². The monoisotopic (exact) mass is 372 g/mol. The van der Waals surface area contributed by atoms with Crippen LogP contribution in [-0.2, 0) is 0 Å². The Labute approximate surface area is 135 Å². The summed E-state index contributed by atoms with van der Waals surface area (Å²) in [6, 6.07) is 10.1. The molecule has 0 aliphatic rings. The number of hydrogen-bond donors (Lipinski definition) is 2. The highest BCUT2D eigenvalue weighted by Gasteiger charge is 2.06. The molecule has 6 heteroatoms. The average molecular weight is 374 g/mol. The molecule has 0 saturated carbocycles. The molecule has 0 fully saturated rings. The fourth-order valence-corrected chi connectivity index (χ4v) is 2.68. The molecule has 0 radical (unpaired) electrons. The maximum atomic E-state index is 11.9. The summed E-state index contributed by atoms with van der Waals surface area (Å²) in [6.07, 6.45) is 0. The summed E-state index contributed by atoms with van der Waals surface area (Å²) in [6.45, 7) is 1.91. The minimum Gasteiger partial charge on any atom is -0.308 e. The van der Waals surface area contributed by atoms with Crippen molar-refractivity contribution in [2.45, 2.75) is 6.92 Å². The number of nitrogens with one attached hydrogen (secondary N) is 2. The van der Waals surface area contributed by atoms with Gasteiger partial charge in [-0.05, 0) is 48.9 Å². The normalized spacial score (nSPS) is 10.2. The lowest BCUT2D eigenvalue weighted by atomic mass is 10.2.